The molecule has 0 amide bonds. The molecule has 29 heavy (non-hydrogen) atoms. The van der Waals surface area contributed by atoms with Crippen molar-refractivity contribution in [3.05, 3.63) is 37.0 Å². The molecule has 0 spiro atoms. The van der Waals surface area contributed by atoms with Gasteiger partial charge in [-0.15, -0.1) is 0 Å². The lowest BCUT2D eigenvalue weighted by atomic mass is 10.2. The van der Waals surface area contributed by atoms with Gasteiger partial charge in [-0.25, -0.2) is 5.41 Å². The Morgan fingerprint density at radius 1 is 0.931 bits per heavy atom. The van der Waals surface area contributed by atoms with Gasteiger partial charge >= 0.3 is 8.80 Å². The van der Waals surface area contributed by atoms with E-state index in [0.717, 1.165) is 45.4 Å². The first-order chi connectivity index (χ1) is 13.4. The van der Waals surface area contributed by atoms with Crippen LogP contribution in [0.5, 0.6) is 0 Å². The maximum atomic E-state index is 8.74. The van der Waals surface area contributed by atoms with Crippen LogP contribution in [0.2, 0.25) is 6.04 Å². The van der Waals surface area contributed by atoms with Crippen molar-refractivity contribution in [2.75, 3.05) is 33.2 Å². The summed E-state index contributed by atoms with van der Waals surface area (Å²) in [7, 11) is -0.886. The van der Waals surface area contributed by atoms with E-state index in [9.17, 15) is 0 Å². The van der Waals surface area contributed by atoms with Gasteiger partial charge in [-0.05, 0) is 53.9 Å². The van der Waals surface area contributed by atoms with Gasteiger partial charge in [-0.2, -0.15) is 0 Å². The topological polar surface area (TPSA) is 54.8 Å². The van der Waals surface area contributed by atoms with Gasteiger partial charge in [0.1, 0.15) is 0 Å². The lowest BCUT2D eigenvalue weighted by molar-refractivity contribution is -0.825. The molecular formula is C22H44N3O3Si+. The van der Waals surface area contributed by atoms with Crippen molar-refractivity contribution >= 4 is 14.8 Å². The normalized spacial score (nSPS) is 13.2. The Kier molecular flexibility index (Phi) is 12.0. The largest absolute Gasteiger partial charge is 0.698 e. The number of guanidine groups is 1. The van der Waals surface area contributed by atoms with E-state index in [0.29, 0.717) is 33.8 Å². The molecule has 0 saturated carbocycles. The van der Waals surface area contributed by atoms with E-state index in [4.69, 9.17) is 18.7 Å². The number of rotatable bonds is 15. The minimum atomic E-state index is -3.03. The van der Waals surface area contributed by atoms with E-state index >= 15 is 0 Å². The molecular weight excluding hydrogens is 382 g/mol. The highest BCUT2D eigenvalue weighted by atomic mass is 28.4. The SMILES string of the molecule is C=C(C)O[Si](CCCC[N+](C)(CC)C(=N)N(CC)CCC)(OC(=C)C)OC(=C)C. The van der Waals surface area contributed by atoms with Gasteiger partial charge in [0.2, 0.25) is 0 Å². The van der Waals surface area contributed by atoms with Gasteiger partial charge in [0.05, 0.1) is 43.5 Å². The summed E-state index contributed by atoms with van der Waals surface area (Å²) in [5.41, 5.74) is 0. The fraction of sp³-hybridized carbons (Fsp3) is 0.682. The van der Waals surface area contributed by atoms with Crippen LogP contribution in [0.25, 0.3) is 0 Å². The van der Waals surface area contributed by atoms with Crippen molar-refractivity contribution < 1.29 is 17.8 Å². The molecule has 6 nitrogen and oxygen atoms in total. The number of hydrogen-bond donors (Lipinski definition) is 1. The van der Waals surface area contributed by atoms with Crippen LogP contribution in [0.4, 0.5) is 0 Å². The minimum absolute atomic E-state index is 0.563. The summed E-state index contributed by atoms with van der Waals surface area (Å²) < 4.78 is 18.5. The summed E-state index contributed by atoms with van der Waals surface area (Å²) in [4.78, 5) is 2.17. The molecule has 0 aliphatic carbocycles. The zero-order valence-electron chi connectivity index (χ0n) is 19.9. The molecule has 0 aromatic rings. The van der Waals surface area contributed by atoms with E-state index in [2.05, 4.69) is 52.5 Å². The van der Waals surface area contributed by atoms with Gasteiger partial charge in [0.25, 0.3) is 5.96 Å². The Balaban J connectivity index is 5.18. The highest BCUT2D eigenvalue weighted by Gasteiger charge is 2.48. The summed E-state index contributed by atoms with van der Waals surface area (Å²) in [5, 5.41) is 8.74. The first kappa shape index (κ1) is 27.3. The molecule has 0 aliphatic heterocycles. The molecule has 0 saturated heterocycles. The second kappa shape index (κ2) is 12.7. The molecule has 0 rings (SSSR count). The van der Waals surface area contributed by atoms with E-state index in [1.165, 1.54) is 0 Å². The monoisotopic (exact) mass is 426 g/mol. The van der Waals surface area contributed by atoms with Crippen molar-refractivity contribution in [3.8, 4) is 0 Å². The molecule has 7 heteroatoms. The lowest BCUT2D eigenvalue weighted by Crippen LogP contribution is -2.56. The van der Waals surface area contributed by atoms with Gasteiger partial charge in [-0.3, -0.25) is 4.48 Å². The van der Waals surface area contributed by atoms with Crippen molar-refractivity contribution in [2.45, 2.75) is 66.8 Å². The van der Waals surface area contributed by atoms with Gasteiger partial charge < -0.3 is 18.2 Å². The van der Waals surface area contributed by atoms with Crippen LogP contribution in [0.15, 0.2) is 37.0 Å². The molecule has 168 valence electrons. The van der Waals surface area contributed by atoms with Crippen LogP contribution in [0, 0.1) is 5.41 Å². The van der Waals surface area contributed by atoms with E-state index in [-0.39, 0.29) is 0 Å². The average molecular weight is 427 g/mol. The highest BCUT2D eigenvalue weighted by Crippen LogP contribution is 2.26. The molecule has 0 aromatic heterocycles. The Hall–Kier alpha value is -1.73. The van der Waals surface area contributed by atoms with Crippen LogP contribution < -0.4 is 0 Å². The summed E-state index contributed by atoms with van der Waals surface area (Å²) >= 11 is 0. The first-order valence-corrected chi connectivity index (χ1v) is 12.6. The molecule has 0 aliphatic rings. The molecule has 0 heterocycles. The Morgan fingerprint density at radius 3 is 1.76 bits per heavy atom. The van der Waals surface area contributed by atoms with Gasteiger partial charge in [-0.1, -0.05) is 26.7 Å². The van der Waals surface area contributed by atoms with Crippen LogP contribution >= 0.6 is 0 Å². The van der Waals surface area contributed by atoms with E-state index < -0.39 is 8.80 Å². The number of unbranched alkanes of at least 4 members (excludes halogenated alkanes) is 1. The standard InChI is InChI=1S/C22H44N3O3Si/c1-11-16-24(12-2)22(23)25(10,13-3)17-14-15-18-29(26-19(4)5,27-20(6)7)28-21(8)9/h23H,4,6,8,11-18H2,1-3,5,7,9-10H3/q+1. The summed E-state index contributed by atoms with van der Waals surface area (Å²) in [6, 6.07) is 0.642. The molecule has 0 aromatic carbocycles. The van der Waals surface area contributed by atoms with Crippen molar-refractivity contribution in [1.82, 2.24) is 4.90 Å². The van der Waals surface area contributed by atoms with Gasteiger partial charge in [0.15, 0.2) is 0 Å². The number of nitrogens with one attached hydrogen (secondary N) is 1. The Morgan fingerprint density at radius 2 is 1.41 bits per heavy atom. The van der Waals surface area contributed by atoms with Crippen LogP contribution in [0.1, 0.15) is 60.8 Å². The van der Waals surface area contributed by atoms with Crippen LogP contribution in [0.3, 0.4) is 0 Å². The molecule has 1 unspecified atom stereocenters. The maximum Gasteiger partial charge on any atom is 0.698 e. The molecule has 0 bridgehead atoms. The summed E-state index contributed by atoms with van der Waals surface area (Å²) in [6.45, 7) is 26.9. The predicted molar refractivity (Wildman–Crippen MR) is 124 cm³/mol. The van der Waals surface area contributed by atoms with E-state index in [1.807, 2.05) is 0 Å². The Bertz CT molecular complexity index is 539. The second-order valence-corrected chi connectivity index (χ2v) is 10.4. The summed E-state index contributed by atoms with van der Waals surface area (Å²) in [6.07, 6.45) is 2.84. The van der Waals surface area contributed by atoms with Crippen LogP contribution in [-0.4, -0.2) is 57.4 Å². The van der Waals surface area contributed by atoms with E-state index in [1.54, 1.807) is 20.8 Å². The third-order valence-electron chi connectivity index (χ3n) is 4.76. The van der Waals surface area contributed by atoms with Gasteiger partial charge in [0, 0.05) is 13.1 Å². The smallest absolute Gasteiger partial charge is 0.488 e. The number of allylic oxidation sites excluding steroid dienone is 3. The third-order valence-corrected chi connectivity index (χ3v) is 7.70. The third kappa shape index (κ3) is 9.54. The number of nitrogens with zero attached hydrogens (tertiary/aromatic N) is 2. The number of hydrogen-bond acceptors (Lipinski definition) is 4. The summed E-state index contributed by atoms with van der Waals surface area (Å²) in [5.74, 6) is 2.38. The van der Waals surface area contributed by atoms with Crippen molar-refractivity contribution in [1.29, 1.82) is 5.41 Å². The maximum absolute atomic E-state index is 8.74. The average Bonchev–Trinajstić information content (AvgIpc) is 2.60. The molecule has 0 radical (unpaired) electrons. The van der Waals surface area contributed by atoms with Crippen LogP contribution in [-0.2, 0) is 13.3 Å². The molecule has 1 N–H and O–H groups in total. The zero-order chi connectivity index (χ0) is 22.7. The number of quaternary nitrogens is 1. The highest BCUT2D eigenvalue weighted by molar-refractivity contribution is 6.61. The van der Waals surface area contributed by atoms with Crippen molar-refractivity contribution in [2.24, 2.45) is 0 Å². The second-order valence-electron chi connectivity index (χ2n) is 7.89. The minimum Gasteiger partial charge on any atom is -0.488 e. The molecule has 1 atom stereocenters. The lowest BCUT2D eigenvalue weighted by Gasteiger charge is -2.38. The fourth-order valence-electron chi connectivity index (χ4n) is 3.25. The van der Waals surface area contributed by atoms with Crippen molar-refractivity contribution in [3.63, 3.8) is 0 Å². The first-order valence-electron chi connectivity index (χ1n) is 10.7. The fourth-order valence-corrected chi connectivity index (χ4v) is 5.96. The quantitative estimate of drug-likeness (QED) is 0.0939. The Labute approximate surface area is 180 Å². The molecule has 0 fully saturated rings. The predicted octanol–water partition coefficient (Wildman–Crippen LogP) is 5.49. The zero-order valence-corrected chi connectivity index (χ0v) is 20.9.